The summed E-state index contributed by atoms with van der Waals surface area (Å²) in [7, 11) is 0. The van der Waals surface area contributed by atoms with Gasteiger partial charge in [0.05, 0.1) is 21.6 Å². The number of aryl methyl sites for hydroxylation is 1. The van der Waals surface area contributed by atoms with Crippen LogP contribution >= 0.6 is 0 Å². The second-order valence-electron chi connectivity index (χ2n) is 8.48. The average Bonchev–Trinajstić information content (AvgIpc) is 3.53. The van der Waals surface area contributed by atoms with Gasteiger partial charge in [-0.05, 0) is 18.6 Å². The molecule has 5 N–H and O–H groups in total. The molecule has 0 saturated carbocycles. The fraction of sp³-hybridized carbons (Fsp3) is 0.125. The van der Waals surface area contributed by atoms with Crippen LogP contribution in [0.25, 0.3) is 33.0 Å². The van der Waals surface area contributed by atoms with Gasteiger partial charge >= 0.3 is 0 Å². The second-order valence-corrected chi connectivity index (χ2v) is 8.48. The quantitative estimate of drug-likeness (QED) is 0.0680. The lowest BCUT2D eigenvalue weighted by molar-refractivity contribution is -0.485. The van der Waals surface area contributed by atoms with Gasteiger partial charge in [-0.25, -0.2) is 10.1 Å². The molecule has 0 saturated heterocycles. The minimum Gasteiger partial charge on any atom is -0.365 e. The molecule has 5 rings (SSSR count). The number of carbonyl (C=O) groups is 2. The first kappa shape index (κ1) is 24.2. The average molecular weight is 516 g/mol. The highest BCUT2D eigenvalue weighted by molar-refractivity contribution is 6.50. The molecule has 0 spiro atoms. The smallest absolute Gasteiger partial charge is 0.271 e. The number of aromatic amines is 1. The van der Waals surface area contributed by atoms with E-state index in [0.29, 0.717) is 35.0 Å². The number of para-hydroxylation sites is 1. The van der Waals surface area contributed by atoms with Gasteiger partial charge < -0.3 is 20.6 Å². The van der Waals surface area contributed by atoms with Crippen LogP contribution in [-0.4, -0.2) is 43.8 Å². The number of fused-ring (bicyclic) bond motifs is 2. The number of nitro groups is 2. The first-order valence-electron chi connectivity index (χ1n) is 11.4. The van der Waals surface area contributed by atoms with E-state index in [4.69, 9.17) is 5.73 Å². The molecule has 1 aliphatic rings. The maximum Gasteiger partial charge on any atom is 0.271 e. The number of nitrogens with one attached hydrogen (secondary N) is 3. The van der Waals surface area contributed by atoms with Gasteiger partial charge in [-0.3, -0.25) is 25.0 Å². The third-order valence-corrected chi connectivity index (χ3v) is 6.21. The highest BCUT2D eigenvalue weighted by Gasteiger charge is 2.35. The summed E-state index contributed by atoms with van der Waals surface area (Å²) in [6.07, 6.45) is 3.76. The number of amides is 2. The summed E-state index contributed by atoms with van der Waals surface area (Å²) in [5, 5.41) is 30.3. The maximum absolute atomic E-state index is 13.1. The summed E-state index contributed by atoms with van der Waals surface area (Å²) in [4.78, 5) is 50.5. The molecule has 14 nitrogen and oxygen atoms in total. The summed E-state index contributed by atoms with van der Waals surface area (Å²) in [5.74, 6) is -1.46. The molecule has 2 aromatic heterocycles. The number of non-ortho nitro benzene ring substituents is 1. The summed E-state index contributed by atoms with van der Waals surface area (Å²) >= 11 is 0. The predicted octanol–water partition coefficient (Wildman–Crippen LogP) is 2.08. The van der Waals surface area contributed by atoms with Crippen molar-refractivity contribution in [3.05, 3.63) is 86.2 Å². The van der Waals surface area contributed by atoms with E-state index in [1.54, 1.807) is 23.0 Å². The topological polar surface area (TPSA) is 204 Å². The van der Waals surface area contributed by atoms with E-state index in [2.05, 4.69) is 20.7 Å². The Morgan fingerprint density at radius 1 is 1.03 bits per heavy atom. The van der Waals surface area contributed by atoms with E-state index in [9.17, 15) is 29.8 Å². The Labute approximate surface area is 213 Å². The molecule has 0 aliphatic carbocycles. The lowest BCUT2D eigenvalue weighted by Gasteiger charge is -2.06. The normalized spacial score (nSPS) is 13.9. The van der Waals surface area contributed by atoms with Crippen molar-refractivity contribution in [3.63, 3.8) is 0 Å². The van der Waals surface area contributed by atoms with Gasteiger partial charge in [0.2, 0.25) is 0 Å². The van der Waals surface area contributed by atoms with E-state index in [1.807, 2.05) is 24.3 Å². The highest BCUT2D eigenvalue weighted by Crippen LogP contribution is 2.39. The van der Waals surface area contributed by atoms with Crippen LogP contribution in [0.1, 0.15) is 17.5 Å². The highest BCUT2D eigenvalue weighted by atomic mass is 16.7. The number of carbonyl (C=O) groups excluding carboxylic acids is 2. The fourth-order valence-electron chi connectivity index (χ4n) is 4.61. The lowest BCUT2D eigenvalue weighted by atomic mass is 9.95. The number of guanidine groups is 1. The predicted molar refractivity (Wildman–Crippen MR) is 138 cm³/mol. The van der Waals surface area contributed by atoms with Crippen LogP contribution in [0.15, 0.2) is 60.0 Å². The van der Waals surface area contributed by atoms with Crippen molar-refractivity contribution in [2.75, 3.05) is 6.54 Å². The zero-order chi connectivity index (χ0) is 27.0. The second kappa shape index (κ2) is 9.50. The van der Waals surface area contributed by atoms with Crippen LogP contribution in [0.3, 0.4) is 0 Å². The molecule has 192 valence electrons. The third kappa shape index (κ3) is 4.30. The lowest BCUT2D eigenvalue weighted by Crippen LogP contribution is -2.33. The van der Waals surface area contributed by atoms with Crippen molar-refractivity contribution in [2.45, 2.75) is 13.0 Å². The summed E-state index contributed by atoms with van der Waals surface area (Å²) in [5.41, 5.74) is 7.97. The van der Waals surface area contributed by atoms with Gasteiger partial charge in [-0.15, -0.1) is 0 Å². The largest absolute Gasteiger partial charge is 0.365 e. The van der Waals surface area contributed by atoms with Crippen LogP contribution in [0.2, 0.25) is 0 Å². The van der Waals surface area contributed by atoms with Crippen molar-refractivity contribution in [3.8, 4) is 0 Å². The van der Waals surface area contributed by atoms with Crippen molar-refractivity contribution >= 4 is 56.4 Å². The molecule has 14 heteroatoms. The first-order valence-corrected chi connectivity index (χ1v) is 11.4. The number of H-pyrrole nitrogens is 1. The number of nitrogens with zero attached hydrogens (tertiary/aromatic N) is 4. The zero-order valence-corrected chi connectivity index (χ0v) is 19.6. The SMILES string of the molecule is NC(=N[N+](=O)[O-])NCCCn1cc(C2=C(c3c[nH]c4ccccc34)C(=O)NC2=O)c2ccc([N+](=O)[O-])cc21. The van der Waals surface area contributed by atoms with Gasteiger partial charge in [0.25, 0.3) is 23.5 Å². The number of hydrazone groups is 1. The molecule has 1 aliphatic heterocycles. The molecule has 0 bridgehead atoms. The van der Waals surface area contributed by atoms with Gasteiger partial charge in [0.1, 0.15) is 5.10 Å². The Morgan fingerprint density at radius 3 is 2.50 bits per heavy atom. The summed E-state index contributed by atoms with van der Waals surface area (Å²) < 4.78 is 1.73. The molecule has 3 heterocycles. The van der Waals surface area contributed by atoms with Crippen LogP contribution in [-0.2, 0) is 16.1 Å². The molecule has 2 aromatic carbocycles. The van der Waals surface area contributed by atoms with E-state index < -0.39 is 21.8 Å². The molecule has 2 amide bonds. The Balaban J connectivity index is 1.60. The van der Waals surface area contributed by atoms with Crippen LogP contribution in [0.5, 0.6) is 0 Å². The first-order chi connectivity index (χ1) is 18.2. The fourth-order valence-corrected chi connectivity index (χ4v) is 4.61. The monoisotopic (exact) mass is 516 g/mol. The number of benzene rings is 2. The molecule has 0 atom stereocenters. The van der Waals surface area contributed by atoms with E-state index in [0.717, 1.165) is 10.9 Å². The van der Waals surface area contributed by atoms with Crippen LogP contribution in [0.4, 0.5) is 5.69 Å². The number of hydrogen-bond acceptors (Lipinski definition) is 6. The Hall–Kier alpha value is -5.53. The number of nitro benzene ring substituents is 1. The van der Waals surface area contributed by atoms with Gasteiger partial charge in [-0.1, -0.05) is 18.2 Å². The van der Waals surface area contributed by atoms with Crippen molar-refractivity contribution < 1.29 is 19.5 Å². The molecular weight excluding hydrogens is 496 g/mol. The van der Waals surface area contributed by atoms with Gasteiger partial charge in [0, 0.05) is 65.0 Å². The van der Waals surface area contributed by atoms with E-state index >= 15 is 0 Å². The molecule has 0 fully saturated rings. The number of rotatable bonds is 8. The van der Waals surface area contributed by atoms with Crippen LogP contribution < -0.4 is 16.4 Å². The zero-order valence-electron chi connectivity index (χ0n) is 19.6. The molecule has 0 unspecified atom stereocenters. The molecular formula is C24H20N8O6. The molecule has 0 radical (unpaired) electrons. The number of nitrogens with two attached hydrogens (primary N) is 1. The van der Waals surface area contributed by atoms with Gasteiger partial charge in [0.15, 0.2) is 5.03 Å². The summed E-state index contributed by atoms with van der Waals surface area (Å²) in [6, 6.07) is 11.7. The maximum atomic E-state index is 13.1. The van der Waals surface area contributed by atoms with Crippen molar-refractivity contribution in [1.82, 2.24) is 20.2 Å². The standard InChI is InChI=1S/C24H20N8O6/c25-24(29-32(37)38)26-8-3-9-30-12-17(15-7-6-13(31(35)36)10-19(15)30)21-20(22(33)28-23(21)34)16-11-27-18-5-2-1-4-14(16)18/h1-2,4-7,10-12,27H,3,8-9H2,(H3,25,26,29)(H,28,33,34). The van der Waals surface area contributed by atoms with Gasteiger partial charge in [-0.2, -0.15) is 0 Å². The summed E-state index contributed by atoms with van der Waals surface area (Å²) in [6.45, 7) is 0.553. The number of hydrogen-bond donors (Lipinski definition) is 4. The van der Waals surface area contributed by atoms with E-state index in [1.165, 1.54) is 12.1 Å². The molecule has 4 aromatic rings. The van der Waals surface area contributed by atoms with Crippen molar-refractivity contribution in [1.29, 1.82) is 0 Å². The Kier molecular flexibility index (Phi) is 6.04. The van der Waals surface area contributed by atoms with Crippen LogP contribution in [0, 0.1) is 20.2 Å². The number of aromatic nitrogens is 2. The third-order valence-electron chi connectivity index (χ3n) is 6.21. The van der Waals surface area contributed by atoms with E-state index in [-0.39, 0.29) is 29.3 Å². The minimum atomic E-state index is -0.917. The van der Waals surface area contributed by atoms with Crippen molar-refractivity contribution in [2.24, 2.45) is 10.8 Å². The molecule has 38 heavy (non-hydrogen) atoms. The minimum absolute atomic E-state index is 0.137. The Morgan fingerprint density at radius 2 is 1.76 bits per heavy atom. The number of imide groups is 1. The Bertz CT molecular complexity index is 1710.